The number of hydrogen-bond donors (Lipinski definition) is 1. The summed E-state index contributed by atoms with van der Waals surface area (Å²) in [6.45, 7) is 9.75. The molecule has 3 nitrogen and oxygen atoms in total. The van der Waals surface area contributed by atoms with Gasteiger partial charge in [0.25, 0.3) is 0 Å². The Bertz CT molecular complexity index is 593. The largest absolute Gasteiger partial charge is 0.326 e. The van der Waals surface area contributed by atoms with E-state index in [4.69, 9.17) is 0 Å². The molecule has 1 aromatic heterocycles. The predicted molar refractivity (Wildman–Crippen MR) is 82.7 cm³/mol. The fourth-order valence-electron chi connectivity index (χ4n) is 2.72. The van der Waals surface area contributed by atoms with Crippen molar-refractivity contribution >= 4 is 0 Å². The SMILES string of the molecule is CCC(C)(C)c1ccc(-c2cnc3n2CCNC3)cc1. The quantitative estimate of drug-likeness (QED) is 0.926. The Labute approximate surface area is 121 Å². The van der Waals surface area contributed by atoms with Crippen LogP contribution < -0.4 is 5.32 Å². The van der Waals surface area contributed by atoms with Gasteiger partial charge in [0.1, 0.15) is 5.82 Å². The van der Waals surface area contributed by atoms with Gasteiger partial charge in [-0.25, -0.2) is 4.98 Å². The van der Waals surface area contributed by atoms with Crippen molar-refractivity contribution in [3.05, 3.63) is 41.9 Å². The maximum absolute atomic E-state index is 4.52. The van der Waals surface area contributed by atoms with Crippen LogP contribution in [-0.4, -0.2) is 16.1 Å². The van der Waals surface area contributed by atoms with Crippen LogP contribution in [0.5, 0.6) is 0 Å². The zero-order valence-corrected chi connectivity index (χ0v) is 12.6. The summed E-state index contributed by atoms with van der Waals surface area (Å²) >= 11 is 0. The molecule has 0 fully saturated rings. The molecule has 1 N–H and O–H groups in total. The minimum Gasteiger partial charge on any atom is -0.326 e. The van der Waals surface area contributed by atoms with Crippen LogP contribution in [0.3, 0.4) is 0 Å². The summed E-state index contributed by atoms with van der Waals surface area (Å²) in [6, 6.07) is 9.00. The molecule has 1 aliphatic heterocycles. The van der Waals surface area contributed by atoms with Crippen LogP contribution >= 0.6 is 0 Å². The molecule has 106 valence electrons. The van der Waals surface area contributed by atoms with Crippen molar-refractivity contribution in [1.29, 1.82) is 0 Å². The monoisotopic (exact) mass is 269 g/mol. The topological polar surface area (TPSA) is 29.9 Å². The molecule has 3 heteroatoms. The van der Waals surface area contributed by atoms with Gasteiger partial charge < -0.3 is 9.88 Å². The number of rotatable bonds is 3. The summed E-state index contributed by atoms with van der Waals surface area (Å²) in [7, 11) is 0. The molecule has 3 rings (SSSR count). The minimum absolute atomic E-state index is 0.249. The second kappa shape index (κ2) is 5.06. The molecule has 2 aromatic rings. The standard InChI is InChI=1S/C17H23N3/c1-4-17(2,3)14-7-5-13(6-8-14)15-11-19-16-12-18-9-10-20(15)16/h5-8,11,18H,4,9-10,12H2,1-3H3. The molecule has 1 aromatic carbocycles. The molecule has 0 aliphatic carbocycles. The third-order valence-electron chi connectivity index (χ3n) is 4.58. The van der Waals surface area contributed by atoms with E-state index in [1.807, 2.05) is 6.20 Å². The molecule has 0 saturated heterocycles. The molecular weight excluding hydrogens is 246 g/mol. The van der Waals surface area contributed by atoms with E-state index in [0.29, 0.717) is 0 Å². The lowest BCUT2D eigenvalue weighted by atomic mass is 9.82. The average molecular weight is 269 g/mol. The highest BCUT2D eigenvalue weighted by molar-refractivity contribution is 5.60. The summed E-state index contributed by atoms with van der Waals surface area (Å²) in [4.78, 5) is 4.52. The van der Waals surface area contributed by atoms with Crippen molar-refractivity contribution in [2.75, 3.05) is 6.54 Å². The molecule has 1 aliphatic rings. The fraction of sp³-hybridized carbons (Fsp3) is 0.471. The lowest BCUT2D eigenvalue weighted by Gasteiger charge is -2.23. The first-order valence-electron chi connectivity index (χ1n) is 7.48. The van der Waals surface area contributed by atoms with E-state index in [1.54, 1.807) is 0 Å². The Morgan fingerprint density at radius 2 is 2.00 bits per heavy atom. The van der Waals surface area contributed by atoms with Gasteiger partial charge in [0.05, 0.1) is 18.4 Å². The van der Waals surface area contributed by atoms with Gasteiger partial charge in [-0.3, -0.25) is 0 Å². The Balaban J connectivity index is 1.94. The lowest BCUT2D eigenvalue weighted by molar-refractivity contribution is 0.505. The van der Waals surface area contributed by atoms with E-state index in [0.717, 1.165) is 31.9 Å². The van der Waals surface area contributed by atoms with Crippen molar-refractivity contribution in [2.45, 2.75) is 45.7 Å². The number of imidazole rings is 1. The summed E-state index contributed by atoms with van der Waals surface area (Å²) in [5, 5.41) is 3.36. The highest BCUT2D eigenvalue weighted by Gasteiger charge is 2.19. The van der Waals surface area contributed by atoms with Crippen molar-refractivity contribution in [3.63, 3.8) is 0 Å². The maximum Gasteiger partial charge on any atom is 0.123 e. The number of fused-ring (bicyclic) bond motifs is 1. The lowest BCUT2D eigenvalue weighted by Crippen LogP contribution is -2.28. The minimum atomic E-state index is 0.249. The zero-order chi connectivity index (χ0) is 14.2. The predicted octanol–water partition coefficient (Wildman–Crippen LogP) is 3.34. The Hall–Kier alpha value is -1.61. The van der Waals surface area contributed by atoms with Crippen LogP contribution in [-0.2, 0) is 18.5 Å². The van der Waals surface area contributed by atoms with Crippen LogP contribution in [0.4, 0.5) is 0 Å². The fourth-order valence-corrected chi connectivity index (χ4v) is 2.72. The third-order valence-corrected chi connectivity index (χ3v) is 4.58. The molecule has 0 atom stereocenters. The number of benzene rings is 1. The third kappa shape index (κ3) is 2.27. The number of hydrogen-bond acceptors (Lipinski definition) is 2. The molecular formula is C17H23N3. The first kappa shape index (κ1) is 13.4. The molecule has 0 radical (unpaired) electrons. The summed E-state index contributed by atoms with van der Waals surface area (Å²) in [5.41, 5.74) is 4.16. The molecule has 0 saturated carbocycles. The van der Waals surface area contributed by atoms with E-state index in [1.165, 1.54) is 16.8 Å². The summed E-state index contributed by atoms with van der Waals surface area (Å²) < 4.78 is 2.33. The second-order valence-electron chi connectivity index (χ2n) is 6.20. The average Bonchev–Trinajstić information content (AvgIpc) is 2.91. The van der Waals surface area contributed by atoms with Crippen molar-refractivity contribution in [2.24, 2.45) is 0 Å². The summed E-state index contributed by atoms with van der Waals surface area (Å²) in [5.74, 6) is 1.14. The first-order chi connectivity index (χ1) is 9.62. The van der Waals surface area contributed by atoms with Gasteiger partial charge in [-0.05, 0) is 23.0 Å². The smallest absolute Gasteiger partial charge is 0.123 e. The Morgan fingerprint density at radius 1 is 1.25 bits per heavy atom. The Morgan fingerprint density at radius 3 is 2.70 bits per heavy atom. The number of nitrogens with zero attached hydrogens (tertiary/aromatic N) is 2. The normalized spacial score (nSPS) is 15.2. The highest BCUT2D eigenvalue weighted by Crippen LogP contribution is 2.29. The molecule has 0 bridgehead atoms. The van der Waals surface area contributed by atoms with Gasteiger partial charge in [0.2, 0.25) is 0 Å². The van der Waals surface area contributed by atoms with E-state index >= 15 is 0 Å². The van der Waals surface area contributed by atoms with Crippen molar-refractivity contribution in [3.8, 4) is 11.3 Å². The number of nitrogens with one attached hydrogen (secondary N) is 1. The van der Waals surface area contributed by atoms with E-state index in [2.05, 4.69) is 59.9 Å². The van der Waals surface area contributed by atoms with Crippen molar-refractivity contribution < 1.29 is 0 Å². The van der Waals surface area contributed by atoms with E-state index in [-0.39, 0.29) is 5.41 Å². The van der Waals surface area contributed by atoms with Crippen LogP contribution in [0.15, 0.2) is 30.5 Å². The van der Waals surface area contributed by atoms with Gasteiger partial charge in [0.15, 0.2) is 0 Å². The van der Waals surface area contributed by atoms with Gasteiger partial charge in [-0.15, -0.1) is 0 Å². The van der Waals surface area contributed by atoms with E-state index in [9.17, 15) is 0 Å². The molecule has 20 heavy (non-hydrogen) atoms. The van der Waals surface area contributed by atoms with E-state index < -0.39 is 0 Å². The van der Waals surface area contributed by atoms with Gasteiger partial charge in [-0.1, -0.05) is 45.0 Å². The Kier molecular flexibility index (Phi) is 3.38. The molecule has 0 amide bonds. The number of aromatic nitrogens is 2. The van der Waals surface area contributed by atoms with Gasteiger partial charge in [0, 0.05) is 13.1 Å². The molecule has 0 spiro atoms. The highest BCUT2D eigenvalue weighted by atomic mass is 15.2. The van der Waals surface area contributed by atoms with Crippen LogP contribution in [0.1, 0.15) is 38.6 Å². The van der Waals surface area contributed by atoms with Crippen LogP contribution in [0.2, 0.25) is 0 Å². The van der Waals surface area contributed by atoms with Crippen molar-refractivity contribution in [1.82, 2.24) is 14.9 Å². The van der Waals surface area contributed by atoms with Crippen LogP contribution in [0.25, 0.3) is 11.3 Å². The van der Waals surface area contributed by atoms with Crippen LogP contribution in [0, 0.1) is 0 Å². The van der Waals surface area contributed by atoms with Gasteiger partial charge in [-0.2, -0.15) is 0 Å². The maximum atomic E-state index is 4.52. The zero-order valence-electron chi connectivity index (χ0n) is 12.6. The second-order valence-corrected chi connectivity index (χ2v) is 6.20. The first-order valence-corrected chi connectivity index (χ1v) is 7.48. The molecule has 2 heterocycles. The molecule has 0 unspecified atom stereocenters. The summed E-state index contributed by atoms with van der Waals surface area (Å²) in [6.07, 6.45) is 3.16. The van der Waals surface area contributed by atoms with Gasteiger partial charge >= 0.3 is 0 Å².